The first-order chi connectivity index (χ1) is 5.84. The Kier molecular flexibility index (Phi) is 3.76. The smallest absolute Gasteiger partial charge is 0.105 e. The molecule has 0 radical (unpaired) electrons. The minimum absolute atomic E-state index is 0.341. The lowest BCUT2D eigenvalue weighted by atomic mass is 10.2. The second kappa shape index (κ2) is 4.90. The summed E-state index contributed by atoms with van der Waals surface area (Å²) >= 11 is 0. The van der Waals surface area contributed by atoms with E-state index in [9.17, 15) is 5.11 Å². The predicted octanol–water partition coefficient (Wildman–Crippen LogP) is 0.870. The molecule has 12 heavy (non-hydrogen) atoms. The first-order valence-electron chi connectivity index (χ1n) is 4.09. The molecule has 0 saturated carbocycles. The van der Waals surface area contributed by atoms with Crippen LogP contribution in [0.3, 0.4) is 0 Å². The topological polar surface area (TPSA) is 58.1 Å². The van der Waals surface area contributed by atoms with Crippen molar-refractivity contribution < 1.29 is 9.84 Å². The summed E-state index contributed by atoms with van der Waals surface area (Å²) in [5, 5.41) is 15.8. The van der Waals surface area contributed by atoms with Crippen molar-refractivity contribution in [1.82, 2.24) is 10.2 Å². The monoisotopic (exact) mass is 170 g/mol. The van der Waals surface area contributed by atoms with Crippen LogP contribution in [-0.2, 0) is 4.74 Å². The van der Waals surface area contributed by atoms with Crippen LogP contribution in [0.4, 0.5) is 0 Å². The third-order valence-electron chi connectivity index (χ3n) is 1.53. The highest BCUT2D eigenvalue weighted by molar-refractivity contribution is 5.06. The number of rotatable bonds is 5. The van der Waals surface area contributed by atoms with Crippen molar-refractivity contribution in [1.29, 1.82) is 0 Å². The fourth-order valence-corrected chi connectivity index (χ4v) is 0.879. The van der Waals surface area contributed by atoms with E-state index in [1.54, 1.807) is 12.4 Å². The van der Waals surface area contributed by atoms with E-state index >= 15 is 0 Å². The lowest BCUT2D eigenvalue weighted by molar-refractivity contribution is 0.0364. The van der Waals surface area contributed by atoms with Gasteiger partial charge < -0.3 is 9.84 Å². The molecule has 0 amide bonds. The van der Waals surface area contributed by atoms with E-state index in [1.807, 2.05) is 6.92 Å². The van der Waals surface area contributed by atoms with Gasteiger partial charge in [0.1, 0.15) is 6.10 Å². The van der Waals surface area contributed by atoms with Gasteiger partial charge in [0.15, 0.2) is 0 Å². The molecule has 2 N–H and O–H groups in total. The van der Waals surface area contributed by atoms with E-state index in [0.29, 0.717) is 13.2 Å². The first-order valence-corrected chi connectivity index (χ1v) is 4.09. The number of hydrogen-bond acceptors (Lipinski definition) is 3. The van der Waals surface area contributed by atoms with Gasteiger partial charge in [-0.1, -0.05) is 6.92 Å². The number of ether oxygens (including phenoxy) is 1. The molecule has 0 fully saturated rings. The minimum Gasteiger partial charge on any atom is -0.386 e. The van der Waals surface area contributed by atoms with Gasteiger partial charge in [-0.15, -0.1) is 0 Å². The zero-order valence-corrected chi connectivity index (χ0v) is 7.16. The Morgan fingerprint density at radius 3 is 3.17 bits per heavy atom. The van der Waals surface area contributed by atoms with Gasteiger partial charge >= 0.3 is 0 Å². The Balaban J connectivity index is 2.25. The van der Waals surface area contributed by atoms with Crippen molar-refractivity contribution in [3.63, 3.8) is 0 Å². The Morgan fingerprint density at radius 1 is 1.75 bits per heavy atom. The number of aliphatic hydroxyl groups is 1. The molecule has 4 nitrogen and oxygen atoms in total. The van der Waals surface area contributed by atoms with Gasteiger partial charge in [-0.3, -0.25) is 5.10 Å². The Hall–Kier alpha value is -0.870. The lowest BCUT2D eigenvalue weighted by Gasteiger charge is -2.07. The molecule has 0 aliphatic heterocycles. The van der Waals surface area contributed by atoms with Crippen LogP contribution in [0.5, 0.6) is 0 Å². The number of hydrogen-bond donors (Lipinski definition) is 2. The average molecular weight is 170 g/mol. The van der Waals surface area contributed by atoms with Crippen molar-refractivity contribution in [3.8, 4) is 0 Å². The summed E-state index contributed by atoms with van der Waals surface area (Å²) in [6.45, 7) is 3.06. The molecule has 1 rings (SSSR count). The molecule has 0 saturated heterocycles. The van der Waals surface area contributed by atoms with E-state index in [0.717, 1.165) is 12.0 Å². The standard InChI is InChI=1S/C8H14N2O2/c1-2-3-12-6-8(11)7-4-9-10-5-7/h4-5,8,11H,2-3,6H2,1H3,(H,9,10). The Morgan fingerprint density at radius 2 is 2.58 bits per heavy atom. The third kappa shape index (κ3) is 2.64. The van der Waals surface area contributed by atoms with Crippen LogP contribution in [0.2, 0.25) is 0 Å². The molecule has 68 valence electrons. The number of aromatic nitrogens is 2. The third-order valence-corrected chi connectivity index (χ3v) is 1.53. The maximum absolute atomic E-state index is 9.45. The summed E-state index contributed by atoms with van der Waals surface area (Å²) < 4.78 is 5.18. The minimum atomic E-state index is -0.560. The normalized spacial score (nSPS) is 13.2. The molecule has 0 aliphatic carbocycles. The molecule has 0 aliphatic rings. The summed E-state index contributed by atoms with van der Waals surface area (Å²) in [5.74, 6) is 0. The highest BCUT2D eigenvalue weighted by Crippen LogP contribution is 2.09. The van der Waals surface area contributed by atoms with Gasteiger partial charge in [-0.05, 0) is 6.42 Å². The molecule has 0 bridgehead atoms. The lowest BCUT2D eigenvalue weighted by Crippen LogP contribution is -2.06. The van der Waals surface area contributed by atoms with Gasteiger partial charge in [-0.25, -0.2) is 0 Å². The van der Waals surface area contributed by atoms with Gasteiger partial charge in [0.05, 0.1) is 12.8 Å². The van der Waals surface area contributed by atoms with Gasteiger partial charge in [0.25, 0.3) is 0 Å². The molecule has 1 aromatic rings. The number of aliphatic hydroxyl groups excluding tert-OH is 1. The maximum atomic E-state index is 9.45. The first kappa shape index (κ1) is 9.22. The summed E-state index contributed by atoms with van der Waals surface area (Å²) in [6.07, 6.45) is 3.67. The van der Waals surface area contributed by atoms with Gasteiger partial charge in [0, 0.05) is 18.4 Å². The second-order valence-corrected chi connectivity index (χ2v) is 2.62. The molecule has 1 heterocycles. The molecule has 0 spiro atoms. The quantitative estimate of drug-likeness (QED) is 0.644. The molecule has 1 unspecified atom stereocenters. The van der Waals surface area contributed by atoms with Crippen molar-refractivity contribution in [3.05, 3.63) is 18.0 Å². The van der Waals surface area contributed by atoms with E-state index in [1.165, 1.54) is 0 Å². The Bertz CT molecular complexity index is 199. The van der Waals surface area contributed by atoms with Gasteiger partial charge in [0.2, 0.25) is 0 Å². The predicted molar refractivity (Wildman–Crippen MR) is 44.7 cm³/mol. The number of nitrogens with zero attached hydrogens (tertiary/aromatic N) is 1. The van der Waals surface area contributed by atoms with E-state index in [-0.39, 0.29) is 0 Å². The zero-order chi connectivity index (χ0) is 8.81. The molecular formula is C8H14N2O2. The molecule has 1 aromatic heterocycles. The van der Waals surface area contributed by atoms with E-state index < -0.39 is 6.10 Å². The summed E-state index contributed by atoms with van der Waals surface area (Å²) in [7, 11) is 0. The van der Waals surface area contributed by atoms with Crippen molar-refractivity contribution >= 4 is 0 Å². The van der Waals surface area contributed by atoms with Crippen LogP contribution >= 0.6 is 0 Å². The molecule has 0 aromatic carbocycles. The fraction of sp³-hybridized carbons (Fsp3) is 0.625. The van der Waals surface area contributed by atoms with Crippen LogP contribution in [0.15, 0.2) is 12.4 Å². The summed E-state index contributed by atoms with van der Waals surface area (Å²) in [5.41, 5.74) is 0.770. The van der Waals surface area contributed by atoms with Crippen molar-refractivity contribution in [2.45, 2.75) is 19.4 Å². The average Bonchev–Trinajstić information content (AvgIpc) is 2.56. The van der Waals surface area contributed by atoms with Crippen molar-refractivity contribution in [2.24, 2.45) is 0 Å². The van der Waals surface area contributed by atoms with E-state index in [4.69, 9.17) is 4.74 Å². The highest BCUT2D eigenvalue weighted by Gasteiger charge is 2.07. The molecular weight excluding hydrogens is 156 g/mol. The van der Waals surface area contributed by atoms with Crippen LogP contribution in [-0.4, -0.2) is 28.5 Å². The number of aromatic amines is 1. The summed E-state index contributed by atoms with van der Waals surface area (Å²) in [4.78, 5) is 0. The van der Waals surface area contributed by atoms with E-state index in [2.05, 4.69) is 10.2 Å². The molecule has 4 heteroatoms. The van der Waals surface area contributed by atoms with Crippen LogP contribution < -0.4 is 0 Å². The van der Waals surface area contributed by atoms with Crippen LogP contribution in [0.1, 0.15) is 25.0 Å². The molecule has 1 atom stereocenters. The van der Waals surface area contributed by atoms with Crippen molar-refractivity contribution in [2.75, 3.05) is 13.2 Å². The summed E-state index contributed by atoms with van der Waals surface area (Å²) in [6, 6.07) is 0. The van der Waals surface area contributed by atoms with Crippen LogP contribution in [0.25, 0.3) is 0 Å². The second-order valence-electron chi connectivity index (χ2n) is 2.62. The zero-order valence-electron chi connectivity index (χ0n) is 7.16. The SMILES string of the molecule is CCCOCC(O)c1cn[nH]c1. The largest absolute Gasteiger partial charge is 0.386 e. The fourth-order valence-electron chi connectivity index (χ4n) is 0.879. The van der Waals surface area contributed by atoms with Gasteiger partial charge in [-0.2, -0.15) is 5.10 Å². The van der Waals surface area contributed by atoms with Crippen LogP contribution in [0, 0.1) is 0 Å². The number of H-pyrrole nitrogens is 1. The number of nitrogens with one attached hydrogen (secondary N) is 1. The Labute approximate surface area is 71.6 Å². The highest BCUT2D eigenvalue weighted by atomic mass is 16.5. The maximum Gasteiger partial charge on any atom is 0.105 e.